The van der Waals surface area contributed by atoms with Gasteiger partial charge in [0.05, 0.1) is 13.9 Å². The molecule has 1 atom stereocenters. The molecule has 0 saturated carbocycles. The summed E-state index contributed by atoms with van der Waals surface area (Å²) >= 11 is 0. The van der Waals surface area contributed by atoms with Gasteiger partial charge in [-0.3, -0.25) is 0 Å². The summed E-state index contributed by atoms with van der Waals surface area (Å²) in [5, 5.41) is 18.7. The molecule has 1 aliphatic carbocycles. The SMILES string of the molecule is [2H]c1cc2c(cc1[2H])C(C)(c1ccc(C(=O)O)c(C(=O)O)c1)CC2(C)C. The van der Waals surface area contributed by atoms with Crippen molar-refractivity contribution < 1.29 is 22.5 Å². The molecular formula is C20H20O4. The minimum atomic E-state index is -1.28. The number of hydrogen-bond acceptors (Lipinski definition) is 2. The third kappa shape index (κ3) is 2.30. The van der Waals surface area contributed by atoms with E-state index >= 15 is 0 Å². The molecule has 0 fully saturated rings. The molecular weight excluding hydrogens is 304 g/mol. The van der Waals surface area contributed by atoms with E-state index in [0.29, 0.717) is 12.0 Å². The lowest BCUT2D eigenvalue weighted by Gasteiger charge is -2.29. The van der Waals surface area contributed by atoms with Crippen molar-refractivity contribution >= 4 is 11.9 Å². The van der Waals surface area contributed by atoms with Crippen molar-refractivity contribution in [1.82, 2.24) is 0 Å². The van der Waals surface area contributed by atoms with Gasteiger partial charge in [0.1, 0.15) is 0 Å². The maximum Gasteiger partial charge on any atom is 0.336 e. The van der Waals surface area contributed by atoms with Gasteiger partial charge in [-0.05, 0) is 40.7 Å². The highest BCUT2D eigenvalue weighted by molar-refractivity contribution is 6.01. The zero-order valence-electron chi connectivity index (χ0n) is 15.8. The smallest absolute Gasteiger partial charge is 0.336 e. The monoisotopic (exact) mass is 326 g/mol. The van der Waals surface area contributed by atoms with Gasteiger partial charge in [0, 0.05) is 5.41 Å². The summed E-state index contributed by atoms with van der Waals surface area (Å²) in [7, 11) is 0. The van der Waals surface area contributed by atoms with Gasteiger partial charge in [-0.25, -0.2) is 9.59 Å². The number of aromatic carboxylic acids is 2. The van der Waals surface area contributed by atoms with Crippen LogP contribution in [0, 0.1) is 0 Å². The van der Waals surface area contributed by atoms with E-state index in [1.54, 1.807) is 18.2 Å². The predicted molar refractivity (Wildman–Crippen MR) is 90.9 cm³/mol. The molecule has 2 N–H and O–H groups in total. The summed E-state index contributed by atoms with van der Waals surface area (Å²) in [5.41, 5.74) is 1.26. The Kier molecular flexibility index (Phi) is 2.98. The number of carbonyl (C=O) groups is 2. The van der Waals surface area contributed by atoms with Gasteiger partial charge in [0.25, 0.3) is 0 Å². The van der Waals surface area contributed by atoms with Crippen LogP contribution >= 0.6 is 0 Å². The number of carboxylic acid groups (broad SMARTS) is 2. The van der Waals surface area contributed by atoms with E-state index in [1.165, 1.54) is 12.1 Å². The van der Waals surface area contributed by atoms with Crippen LogP contribution < -0.4 is 0 Å². The summed E-state index contributed by atoms with van der Waals surface area (Å²) in [4.78, 5) is 22.9. The molecule has 0 spiro atoms. The zero-order chi connectivity index (χ0) is 19.4. The molecule has 0 saturated heterocycles. The Labute approximate surface area is 143 Å². The number of hydrogen-bond donors (Lipinski definition) is 2. The molecule has 0 aromatic heterocycles. The van der Waals surface area contributed by atoms with E-state index in [1.807, 2.05) is 6.92 Å². The summed E-state index contributed by atoms with van der Waals surface area (Å²) in [6.07, 6.45) is 0.670. The van der Waals surface area contributed by atoms with Gasteiger partial charge in [0.2, 0.25) is 0 Å². The van der Waals surface area contributed by atoms with E-state index in [4.69, 9.17) is 2.74 Å². The van der Waals surface area contributed by atoms with Gasteiger partial charge in [-0.15, -0.1) is 0 Å². The molecule has 4 nitrogen and oxygen atoms in total. The second-order valence-corrected chi connectivity index (χ2v) is 7.17. The fraction of sp³-hybridized carbons (Fsp3) is 0.300. The Morgan fingerprint density at radius 2 is 1.54 bits per heavy atom. The minimum absolute atomic E-state index is 0.119. The highest BCUT2D eigenvalue weighted by Gasteiger charge is 2.45. The van der Waals surface area contributed by atoms with Crippen LogP contribution in [0.3, 0.4) is 0 Å². The molecule has 2 aromatic rings. The van der Waals surface area contributed by atoms with E-state index < -0.39 is 17.4 Å². The maximum absolute atomic E-state index is 11.6. The average molecular weight is 326 g/mol. The molecule has 3 rings (SSSR count). The van der Waals surface area contributed by atoms with Crippen molar-refractivity contribution in [1.29, 1.82) is 0 Å². The lowest BCUT2D eigenvalue weighted by atomic mass is 9.74. The molecule has 1 unspecified atom stereocenters. The summed E-state index contributed by atoms with van der Waals surface area (Å²) in [6, 6.07) is 8.08. The lowest BCUT2D eigenvalue weighted by molar-refractivity contribution is 0.0651. The van der Waals surface area contributed by atoms with Gasteiger partial charge in [-0.1, -0.05) is 51.1 Å². The molecule has 124 valence electrons. The van der Waals surface area contributed by atoms with Crippen molar-refractivity contribution in [2.24, 2.45) is 0 Å². The fourth-order valence-electron chi connectivity index (χ4n) is 3.98. The summed E-state index contributed by atoms with van der Waals surface area (Å²) in [6.45, 7) is 6.10. The summed E-state index contributed by atoms with van der Waals surface area (Å²) in [5.74, 6) is -2.56. The molecule has 0 heterocycles. The van der Waals surface area contributed by atoms with Gasteiger partial charge in [-0.2, -0.15) is 0 Å². The van der Waals surface area contributed by atoms with Gasteiger partial charge in [0.15, 0.2) is 0 Å². The first-order valence-electron chi connectivity index (χ1n) is 8.71. The predicted octanol–water partition coefficient (Wildman–Crippen LogP) is 4.07. The number of fused-ring (bicyclic) bond motifs is 1. The molecule has 0 aliphatic heterocycles. The standard InChI is InChI=1S/C20H20O4/c1-19(2)11-20(3,16-7-5-4-6-15(16)19)12-8-9-13(17(21)22)14(10-12)18(23)24/h4-10H,11H2,1-3H3,(H,21,22)(H,23,24)/i4D,5D. The molecule has 0 bridgehead atoms. The Morgan fingerprint density at radius 3 is 2.12 bits per heavy atom. The third-order valence-electron chi connectivity index (χ3n) is 5.04. The van der Waals surface area contributed by atoms with Crippen LogP contribution in [-0.2, 0) is 10.8 Å². The number of carboxylic acids is 2. The van der Waals surface area contributed by atoms with E-state index in [0.717, 1.165) is 11.1 Å². The highest BCUT2D eigenvalue weighted by atomic mass is 16.4. The Morgan fingerprint density at radius 1 is 0.958 bits per heavy atom. The fourth-order valence-corrected chi connectivity index (χ4v) is 3.98. The minimum Gasteiger partial charge on any atom is -0.478 e. The third-order valence-corrected chi connectivity index (χ3v) is 5.04. The van der Waals surface area contributed by atoms with Crippen LogP contribution in [0.4, 0.5) is 0 Å². The summed E-state index contributed by atoms with van der Waals surface area (Å²) < 4.78 is 15.9. The lowest BCUT2D eigenvalue weighted by Crippen LogP contribution is -2.24. The topological polar surface area (TPSA) is 74.6 Å². The molecule has 2 aromatic carbocycles. The number of benzene rings is 2. The molecule has 0 amide bonds. The van der Waals surface area contributed by atoms with Crippen molar-refractivity contribution in [2.75, 3.05) is 0 Å². The Bertz CT molecular complexity index is 949. The Balaban J connectivity index is 2.26. The van der Waals surface area contributed by atoms with Crippen LogP contribution in [0.2, 0.25) is 0 Å². The van der Waals surface area contributed by atoms with Gasteiger partial charge >= 0.3 is 11.9 Å². The first-order chi connectivity index (χ1) is 12.0. The first-order valence-corrected chi connectivity index (χ1v) is 7.71. The van der Waals surface area contributed by atoms with Crippen LogP contribution in [-0.4, -0.2) is 22.2 Å². The molecule has 4 heteroatoms. The van der Waals surface area contributed by atoms with Gasteiger partial charge < -0.3 is 10.2 Å². The van der Waals surface area contributed by atoms with Crippen LogP contribution in [0.25, 0.3) is 0 Å². The average Bonchev–Trinajstić information content (AvgIpc) is 2.74. The van der Waals surface area contributed by atoms with E-state index in [9.17, 15) is 19.8 Å². The molecule has 24 heavy (non-hydrogen) atoms. The molecule has 1 aliphatic rings. The van der Waals surface area contributed by atoms with Crippen molar-refractivity contribution in [3.8, 4) is 0 Å². The normalized spacial score (nSPS) is 22.5. The zero-order valence-corrected chi connectivity index (χ0v) is 13.8. The molecule has 0 radical (unpaired) electrons. The van der Waals surface area contributed by atoms with E-state index in [2.05, 4.69) is 13.8 Å². The highest BCUT2D eigenvalue weighted by Crippen LogP contribution is 2.52. The van der Waals surface area contributed by atoms with E-state index in [-0.39, 0.29) is 28.6 Å². The van der Waals surface area contributed by atoms with Crippen molar-refractivity contribution in [2.45, 2.75) is 38.0 Å². The number of rotatable bonds is 3. The Hall–Kier alpha value is -2.62. The largest absolute Gasteiger partial charge is 0.478 e. The van der Waals surface area contributed by atoms with Crippen LogP contribution in [0.5, 0.6) is 0 Å². The van der Waals surface area contributed by atoms with Crippen LogP contribution in [0.1, 0.15) is 67.3 Å². The van der Waals surface area contributed by atoms with Crippen molar-refractivity contribution in [3.63, 3.8) is 0 Å². The second kappa shape index (κ2) is 5.20. The quantitative estimate of drug-likeness (QED) is 0.891. The first kappa shape index (κ1) is 13.8. The second-order valence-electron chi connectivity index (χ2n) is 7.17. The maximum atomic E-state index is 11.6. The van der Waals surface area contributed by atoms with Crippen molar-refractivity contribution in [3.05, 3.63) is 70.2 Å². The van der Waals surface area contributed by atoms with Crippen LogP contribution in [0.15, 0.2) is 42.4 Å².